The number of fused-ring (bicyclic) bond motifs is 1. The third kappa shape index (κ3) is 1.44. The summed E-state index contributed by atoms with van der Waals surface area (Å²) < 4.78 is 6.22. The van der Waals surface area contributed by atoms with Crippen LogP contribution in [0, 0.1) is 6.92 Å². The van der Waals surface area contributed by atoms with Crippen LogP contribution < -0.4 is 4.74 Å². The second-order valence-corrected chi connectivity index (χ2v) is 3.88. The van der Waals surface area contributed by atoms with Crippen molar-refractivity contribution in [2.24, 2.45) is 0 Å². The molecule has 0 fully saturated rings. The number of benzene rings is 1. The fraction of sp³-hybridized carbons (Fsp3) is 0.200. The molecule has 2 rings (SSSR count). The lowest BCUT2D eigenvalue weighted by atomic mass is 10.2. The van der Waals surface area contributed by atoms with Crippen LogP contribution in [0.25, 0.3) is 10.9 Å². The largest absolute Gasteiger partial charge is 0.497 e. The third-order valence-corrected chi connectivity index (χ3v) is 2.69. The summed E-state index contributed by atoms with van der Waals surface area (Å²) in [5, 5.41) is 1.19. The zero-order chi connectivity index (χ0) is 9.42. The minimum Gasteiger partial charge on any atom is -0.497 e. The van der Waals surface area contributed by atoms with E-state index in [2.05, 4.69) is 27.0 Å². The minimum atomic E-state index is 0.862. The van der Waals surface area contributed by atoms with Gasteiger partial charge in [-0.25, -0.2) is 0 Å². The zero-order valence-electron chi connectivity index (χ0n) is 7.52. The van der Waals surface area contributed by atoms with Crippen molar-refractivity contribution >= 4 is 26.8 Å². The van der Waals surface area contributed by atoms with E-state index in [9.17, 15) is 0 Å². The highest BCUT2D eigenvalue weighted by Crippen LogP contribution is 2.29. The number of aryl methyl sites for hydroxylation is 1. The van der Waals surface area contributed by atoms with E-state index < -0.39 is 0 Å². The quantitative estimate of drug-likeness (QED) is 0.813. The SMILES string of the molecule is COc1cc(Br)c2cc(C)[nH]c2c1. The summed E-state index contributed by atoms with van der Waals surface area (Å²) in [7, 11) is 1.67. The molecular weight excluding hydrogens is 230 g/mol. The molecule has 0 radical (unpaired) electrons. The normalized spacial score (nSPS) is 10.7. The Hall–Kier alpha value is -0.960. The molecule has 0 aliphatic carbocycles. The molecule has 0 aliphatic rings. The van der Waals surface area contributed by atoms with Crippen LogP contribution in [0.1, 0.15) is 5.69 Å². The maximum Gasteiger partial charge on any atom is 0.122 e. The molecule has 0 unspecified atom stereocenters. The van der Waals surface area contributed by atoms with Gasteiger partial charge in [0, 0.05) is 21.6 Å². The minimum absolute atomic E-state index is 0.862. The monoisotopic (exact) mass is 239 g/mol. The fourth-order valence-corrected chi connectivity index (χ4v) is 1.98. The van der Waals surface area contributed by atoms with Crippen LogP contribution in [0.2, 0.25) is 0 Å². The van der Waals surface area contributed by atoms with Crippen molar-refractivity contribution in [3.63, 3.8) is 0 Å². The zero-order valence-corrected chi connectivity index (χ0v) is 9.10. The van der Waals surface area contributed by atoms with Gasteiger partial charge < -0.3 is 9.72 Å². The molecule has 1 aromatic carbocycles. The van der Waals surface area contributed by atoms with E-state index in [0.29, 0.717) is 0 Å². The molecule has 0 atom stereocenters. The van der Waals surface area contributed by atoms with Gasteiger partial charge in [0.2, 0.25) is 0 Å². The van der Waals surface area contributed by atoms with Crippen LogP contribution in [0.4, 0.5) is 0 Å². The molecule has 0 saturated heterocycles. The molecule has 13 heavy (non-hydrogen) atoms. The Bertz CT molecular complexity index is 447. The number of aromatic nitrogens is 1. The lowest BCUT2D eigenvalue weighted by Gasteiger charge is -2.00. The average molecular weight is 240 g/mol. The van der Waals surface area contributed by atoms with Gasteiger partial charge in [-0.05, 0) is 35.0 Å². The highest BCUT2D eigenvalue weighted by molar-refractivity contribution is 9.10. The number of hydrogen-bond donors (Lipinski definition) is 1. The molecule has 1 N–H and O–H groups in total. The fourth-order valence-electron chi connectivity index (χ4n) is 1.43. The molecule has 0 spiro atoms. The van der Waals surface area contributed by atoms with Gasteiger partial charge in [-0.3, -0.25) is 0 Å². The molecule has 0 amide bonds. The maximum atomic E-state index is 5.16. The number of nitrogens with one attached hydrogen (secondary N) is 1. The second kappa shape index (κ2) is 3.07. The summed E-state index contributed by atoms with van der Waals surface area (Å²) in [6.45, 7) is 2.04. The number of aromatic amines is 1. The molecule has 68 valence electrons. The van der Waals surface area contributed by atoms with Crippen molar-refractivity contribution in [1.82, 2.24) is 4.98 Å². The number of ether oxygens (including phenoxy) is 1. The summed E-state index contributed by atoms with van der Waals surface area (Å²) in [5.74, 6) is 0.862. The Morgan fingerprint density at radius 2 is 2.08 bits per heavy atom. The van der Waals surface area contributed by atoms with E-state index in [1.165, 1.54) is 5.39 Å². The van der Waals surface area contributed by atoms with Crippen molar-refractivity contribution in [2.75, 3.05) is 7.11 Å². The Balaban J connectivity index is 2.75. The summed E-state index contributed by atoms with van der Waals surface area (Å²) in [4.78, 5) is 3.26. The number of halogens is 1. The standard InChI is InChI=1S/C10H10BrNO/c1-6-3-8-9(11)4-7(13-2)5-10(8)12-6/h3-5,12H,1-2H3. The van der Waals surface area contributed by atoms with Gasteiger partial charge in [0.1, 0.15) is 5.75 Å². The lowest BCUT2D eigenvalue weighted by Crippen LogP contribution is -1.82. The van der Waals surface area contributed by atoms with E-state index in [-0.39, 0.29) is 0 Å². The Morgan fingerprint density at radius 1 is 1.31 bits per heavy atom. The highest BCUT2D eigenvalue weighted by atomic mass is 79.9. The number of methoxy groups -OCH3 is 1. The molecule has 0 saturated carbocycles. The first-order valence-corrected chi connectivity index (χ1v) is 4.83. The predicted molar refractivity (Wildman–Crippen MR) is 57.3 cm³/mol. The van der Waals surface area contributed by atoms with Crippen LogP contribution in [-0.4, -0.2) is 12.1 Å². The van der Waals surface area contributed by atoms with Gasteiger partial charge in [0.25, 0.3) is 0 Å². The number of H-pyrrole nitrogens is 1. The van der Waals surface area contributed by atoms with Gasteiger partial charge in [0.15, 0.2) is 0 Å². The van der Waals surface area contributed by atoms with E-state index in [1.54, 1.807) is 7.11 Å². The summed E-state index contributed by atoms with van der Waals surface area (Å²) in [6, 6.07) is 6.07. The highest BCUT2D eigenvalue weighted by Gasteiger charge is 2.04. The lowest BCUT2D eigenvalue weighted by molar-refractivity contribution is 0.415. The molecule has 0 aliphatic heterocycles. The summed E-state index contributed by atoms with van der Waals surface area (Å²) >= 11 is 3.50. The average Bonchev–Trinajstić information content (AvgIpc) is 2.46. The van der Waals surface area contributed by atoms with E-state index in [0.717, 1.165) is 21.4 Å². The molecule has 0 bridgehead atoms. The van der Waals surface area contributed by atoms with Crippen molar-refractivity contribution in [3.05, 3.63) is 28.4 Å². The smallest absolute Gasteiger partial charge is 0.122 e. The predicted octanol–water partition coefficient (Wildman–Crippen LogP) is 3.25. The molecular formula is C10H10BrNO. The van der Waals surface area contributed by atoms with Gasteiger partial charge >= 0.3 is 0 Å². The van der Waals surface area contributed by atoms with Crippen LogP contribution >= 0.6 is 15.9 Å². The third-order valence-electron chi connectivity index (χ3n) is 2.03. The van der Waals surface area contributed by atoms with Gasteiger partial charge in [-0.1, -0.05) is 0 Å². The van der Waals surface area contributed by atoms with Crippen molar-refractivity contribution in [3.8, 4) is 5.75 Å². The van der Waals surface area contributed by atoms with E-state index in [4.69, 9.17) is 4.74 Å². The summed E-state index contributed by atoms with van der Waals surface area (Å²) in [5.41, 5.74) is 2.26. The molecule has 2 aromatic rings. The van der Waals surface area contributed by atoms with Crippen LogP contribution in [-0.2, 0) is 0 Å². The first kappa shape index (κ1) is 8.63. The summed E-state index contributed by atoms with van der Waals surface area (Å²) in [6.07, 6.45) is 0. The first-order valence-electron chi connectivity index (χ1n) is 4.03. The molecule has 1 heterocycles. The van der Waals surface area contributed by atoms with Crippen LogP contribution in [0.5, 0.6) is 5.75 Å². The molecule has 1 aromatic heterocycles. The molecule has 3 heteroatoms. The first-order chi connectivity index (χ1) is 6.20. The van der Waals surface area contributed by atoms with E-state index in [1.807, 2.05) is 19.1 Å². The van der Waals surface area contributed by atoms with Gasteiger partial charge in [-0.15, -0.1) is 0 Å². The Labute approximate surface area is 85.0 Å². The maximum absolute atomic E-state index is 5.16. The van der Waals surface area contributed by atoms with E-state index >= 15 is 0 Å². The second-order valence-electron chi connectivity index (χ2n) is 3.02. The van der Waals surface area contributed by atoms with Gasteiger partial charge in [-0.2, -0.15) is 0 Å². The molecule has 2 nitrogen and oxygen atoms in total. The van der Waals surface area contributed by atoms with Crippen LogP contribution in [0.3, 0.4) is 0 Å². The van der Waals surface area contributed by atoms with Crippen molar-refractivity contribution in [1.29, 1.82) is 0 Å². The topological polar surface area (TPSA) is 25.0 Å². The van der Waals surface area contributed by atoms with Crippen molar-refractivity contribution in [2.45, 2.75) is 6.92 Å². The van der Waals surface area contributed by atoms with Crippen molar-refractivity contribution < 1.29 is 4.74 Å². The Morgan fingerprint density at radius 3 is 2.77 bits per heavy atom. The number of hydrogen-bond acceptors (Lipinski definition) is 1. The van der Waals surface area contributed by atoms with Gasteiger partial charge in [0.05, 0.1) is 12.6 Å². The van der Waals surface area contributed by atoms with Crippen LogP contribution in [0.15, 0.2) is 22.7 Å². The number of rotatable bonds is 1. The Kier molecular flexibility index (Phi) is 2.04.